The molecule has 0 bridgehead atoms. The average molecular weight is 380 g/mol. The second-order valence-corrected chi connectivity index (χ2v) is 5.63. The molecule has 0 fully saturated rings. The zero-order chi connectivity index (χ0) is 19.6. The SMILES string of the molecule is CC(O)C(N)CNNC(=S)C(CC(N)=O)NC(=O)NC(CO)C(=O)O. The van der Waals surface area contributed by atoms with Crippen LogP contribution >= 0.6 is 12.2 Å². The van der Waals surface area contributed by atoms with E-state index in [0.29, 0.717) is 0 Å². The number of nitrogens with one attached hydrogen (secondary N) is 4. The molecule has 4 unspecified atom stereocenters. The first-order chi connectivity index (χ1) is 11.6. The molecule has 3 amide bonds. The first-order valence-electron chi connectivity index (χ1n) is 7.23. The Morgan fingerprint density at radius 3 is 2.20 bits per heavy atom. The Hall–Kier alpha value is -2.06. The van der Waals surface area contributed by atoms with Crippen LogP contribution in [0.5, 0.6) is 0 Å². The lowest BCUT2D eigenvalue weighted by molar-refractivity contribution is -0.140. The van der Waals surface area contributed by atoms with Crippen molar-refractivity contribution in [1.82, 2.24) is 21.5 Å². The molecule has 0 rings (SSSR count). The van der Waals surface area contributed by atoms with Gasteiger partial charge in [0.05, 0.1) is 25.2 Å². The molecule has 0 spiro atoms. The number of carboxylic acids is 1. The predicted molar refractivity (Wildman–Crippen MR) is 91.2 cm³/mol. The number of aliphatic hydroxyl groups is 2. The molecule has 25 heavy (non-hydrogen) atoms. The third-order valence-corrected chi connectivity index (χ3v) is 3.37. The van der Waals surface area contributed by atoms with Crippen LogP contribution in [0.2, 0.25) is 0 Å². The Morgan fingerprint density at radius 2 is 1.76 bits per heavy atom. The minimum absolute atomic E-state index is 0.0115. The van der Waals surface area contributed by atoms with Gasteiger partial charge in [-0.05, 0) is 6.92 Å². The molecule has 11 N–H and O–H groups in total. The molecule has 0 radical (unpaired) electrons. The van der Waals surface area contributed by atoms with Crippen LogP contribution < -0.4 is 33.0 Å². The number of primary amides is 1. The fourth-order valence-corrected chi connectivity index (χ4v) is 1.68. The maximum atomic E-state index is 11.8. The van der Waals surface area contributed by atoms with Gasteiger partial charge in [0.2, 0.25) is 5.91 Å². The second kappa shape index (κ2) is 11.5. The van der Waals surface area contributed by atoms with Gasteiger partial charge in [0, 0.05) is 12.6 Å². The maximum absolute atomic E-state index is 11.8. The highest BCUT2D eigenvalue weighted by Gasteiger charge is 2.23. The Labute approximate surface area is 149 Å². The summed E-state index contributed by atoms with van der Waals surface area (Å²) >= 11 is 5.03. The summed E-state index contributed by atoms with van der Waals surface area (Å²) in [6, 6.07) is -4.09. The van der Waals surface area contributed by atoms with Gasteiger partial charge in [-0.1, -0.05) is 12.2 Å². The molecular weight excluding hydrogens is 356 g/mol. The summed E-state index contributed by atoms with van der Waals surface area (Å²) in [4.78, 5) is 33.6. The second-order valence-electron chi connectivity index (χ2n) is 5.19. The number of rotatable bonds is 11. The summed E-state index contributed by atoms with van der Waals surface area (Å²) in [5.41, 5.74) is 15.9. The topological polar surface area (TPSA) is 212 Å². The van der Waals surface area contributed by atoms with Crippen LogP contribution in [0.15, 0.2) is 0 Å². The fraction of sp³-hybridized carbons (Fsp3) is 0.667. The Bertz CT molecular complexity index is 491. The van der Waals surface area contributed by atoms with Gasteiger partial charge in [-0.2, -0.15) is 0 Å². The Morgan fingerprint density at radius 1 is 1.20 bits per heavy atom. The van der Waals surface area contributed by atoms with Crippen molar-refractivity contribution in [2.24, 2.45) is 11.5 Å². The number of hydrazine groups is 1. The number of aliphatic hydroxyl groups excluding tert-OH is 2. The van der Waals surface area contributed by atoms with Gasteiger partial charge in [-0.15, -0.1) is 0 Å². The zero-order valence-electron chi connectivity index (χ0n) is 13.6. The minimum Gasteiger partial charge on any atom is -0.480 e. The monoisotopic (exact) mass is 380 g/mol. The molecule has 4 atom stereocenters. The van der Waals surface area contributed by atoms with Crippen LogP contribution in [0.3, 0.4) is 0 Å². The summed E-state index contributed by atoms with van der Waals surface area (Å²) in [5.74, 6) is -2.19. The number of carboxylic acid groups (broad SMARTS) is 1. The van der Waals surface area contributed by atoms with E-state index in [1.54, 1.807) is 0 Å². The summed E-state index contributed by atoms with van der Waals surface area (Å²) in [7, 11) is 0. The minimum atomic E-state index is -1.52. The first kappa shape index (κ1) is 22.9. The van der Waals surface area contributed by atoms with Crippen molar-refractivity contribution in [2.75, 3.05) is 13.2 Å². The van der Waals surface area contributed by atoms with Crippen LogP contribution in [0.25, 0.3) is 0 Å². The molecule has 0 aliphatic heterocycles. The van der Waals surface area contributed by atoms with E-state index >= 15 is 0 Å². The Balaban J connectivity index is 4.66. The molecule has 0 saturated heterocycles. The quantitative estimate of drug-likeness (QED) is 0.125. The van der Waals surface area contributed by atoms with Crippen molar-refractivity contribution in [3.8, 4) is 0 Å². The highest BCUT2D eigenvalue weighted by molar-refractivity contribution is 7.80. The van der Waals surface area contributed by atoms with Crippen molar-refractivity contribution in [1.29, 1.82) is 0 Å². The van der Waals surface area contributed by atoms with Gasteiger partial charge in [0.15, 0.2) is 6.04 Å². The van der Waals surface area contributed by atoms with E-state index in [9.17, 15) is 19.5 Å². The van der Waals surface area contributed by atoms with E-state index in [-0.39, 0.29) is 18.0 Å². The van der Waals surface area contributed by atoms with E-state index in [4.69, 9.17) is 33.9 Å². The van der Waals surface area contributed by atoms with Crippen molar-refractivity contribution >= 4 is 35.1 Å². The molecule has 0 aromatic heterocycles. The number of urea groups is 1. The molecule has 13 heteroatoms. The standard InChI is InChI=1S/C12H24N6O6S/c1-5(20)6(13)3-15-18-10(25)7(2-9(14)21)16-12(24)17-8(4-19)11(22)23/h5-8,15,19-20H,2-4,13H2,1H3,(H2,14,21)(H,18,25)(H,22,23)(H2,16,17,24). The highest BCUT2D eigenvalue weighted by Crippen LogP contribution is 1.95. The molecule has 12 nitrogen and oxygen atoms in total. The number of carbonyl (C=O) groups excluding carboxylic acids is 2. The molecule has 0 saturated carbocycles. The lowest BCUT2D eigenvalue weighted by Gasteiger charge is -2.22. The summed E-state index contributed by atoms with van der Waals surface area (Å²) in [5, 5.41) is 31.2. The van der Waals surface area contributed by atoms with E-state index in [2.05, 4.69) is 16.2 Å². The number of hydrogen-bond acceptors (Lipinski definition) is 8. The summed E-state index contributed by atoms with van der Waals surface area (Å²) in [6.07, 6.45) is -1.11. The number of aliphatic carboxylic acids is 1. The fourth-order valence-electron chi connectivity index (χ4n) is 1.47. The van der Waals surface area contributed by atoms with Crippen molar-refractivity contribution in [2.45, 2.75) is 37.6 Å². The molecule has 0 aromatic carbocycles. The number of hydrogen-bond donors (Lipinski definition) is 9. The predicted octanol–water partition coefficient (Wildman–Crippen LogP) is -3.90. The van der Waals surface area contributed by atoms with Crippen molar-refractivity contribution < 1.29 is 29.7 Å². The van der Waals surface area contributed by atoms with Gasteiger partial charge in [-0.25, -0.2) is 15.0 Å². The highest BCUT2D eigenvalue weighted by atomic mass is 32.1. The van der Waals surface area contributed by atoms with Crippen LogP contribution in [0, 0.1) is 0 Å². The van der Waals surface area contributed by atoms with E-state index in [1.165, 1.54) is 6.92 Å². The van der Waals surface area contributed by atoms with Crippen LogP contribution in [-0.4, -0.2) is 75.6 Å². The van der Waals surface area contributed by atoms with E-state index in [1.807, 2.05) is 5.32 Å². The van der Waals surface area contributed by atoms with E-state index in [0.717, 1.165) is 0 Å². The maximum Gasteiger partial charge on any atom is 0.328 e. The third-order valence-electron chi connectivity index (χ3n) is 2.98. The van der Waals surface area contributed by atoms with Crippen LogP contribution in [-0.2, 0) is 9.59 Å². The lowest BCUT2D eigenvalue weighted by atomic mass is 10.2. The molecule has 144 valence electrons. The number of amides is 3. The van der Waals surface area contributed by atoms with Gasteiger partial charge in [0.1, 0.15) is 4.99 Å². The molecule has 0 aromatic rings. The van der Waals surface area contributed by atoms with Crippen LogP contribution in [0.4, 0.5) is 4.79 Å². The largest absolute Gasteiger partial charge is 0.480 e. The Kier molecular flexibility index (Phi) is 10.5. The normalized spacial score (nSPS) is 15.4. The van der Waals surface area contributed by atoms with E-state index < -0.39 is 48.7 Å². The molecule has 0 heterocycles. The molecule has 0 aliphatic rings. The smallest absolute Gasteiger partial charge is 0.328 e. The van der Waals surface area contributed by atoms with Crippen molar-refractivity contribution in [3.63, 3.8) is 0 Å². The molecule has 0 aliphatic carbocycles. The number of nitrogens with two attached hydrogens (primary N) is 2. The van der Waals surface area contributed by atoms with Gasteiger partial charge in [-0.3, -0.25) is 4.79 Å². The number of carbonyl (C=O) groups is 3. The summed E-state index contributed by atoms with van der Waals surface area (Å²) < 4.78 is 0. The third kappa shape index (κ3) is 9.73. The zero-order valence-corrected chi connectivity index (χ0v) is 14.4. The van der Waals surface area contributed by atoms with Crippen LogP contribution in [0.1, 0.15) is 13.3 Å². The van der Waals surface area contributed by atoms with Crippen molar-refractivity contribution in [3.05, 3.63) is 0 Å². The van der Waals surface area contributed by atoms with Gasteiger partial charge in [0.25, 0.3) is 0 Å². The molecular formula is C12H24N6O6S. The summed E-state index contributed by atoms with van der Waals surface area (Å²) in [6.45, 7) is 0.829. The first-order valence-corrected chi connectivity index (χ1v) is 7.64. The van der Waals surface area contributed by atoms with Gasteiger partial charge >= 0.3 is 12.0 Å². The average Bonchev–Trinajstić information content (AvgIpc) is 2.50. The number of thiocarbonyl (C=S) groups is 1. The van der Waals surface area contributed by atoms with Gasteiger partial charge < -0.3 is 42.8 Å². The lowest BCUT2D eigenvalue weighted by Crippen LogP contribution is -2.57.